The summed E-state index contributed by atoms with van der Waals surface area (Å²) in [6, 6.07) is 6.32. The molecule has 0 amide bonds. The first-order valence-corrected chi connectivity index (χ1v) is 11.0. The Morgan fingerprint density at radius 3 is 2.96 bits per heavy atom. The Morgan fingerprint density at radius 2 is 2.12 bits per heavy atom. The highest BCUT2D eigenvalue weighted by Gasteiger charge is 2.10. The zero-order valence-corrected chi connectivity index (χ0v) is 15.8. The van der Waals surface area contributed by atoms with Gasteiger partial charge in [0.1, 0.15) is 5.01 Å². The first-order chi connectivity index (χ1) is 11.9. The molecule has 4 heterocycles. The largest absolute Gasteiger partial charge is 0.240 e. The topological polar surface area (TPSA) is 56.5 Å². The van der Waals surface area contributed by atoms with Crippen LogP contribution in [0, 0.1) is 0 Å². The highest BCUT2D eigenvalue weighted by atomic mass is 32.2. The summed E-state index contributed by atoms with van der Waals surface area (Å²) >= 11 is 6.77. The lowest BCUT2D eigenvalue weighted by atomic mass is 10.3. The summed E-state index contributed by atoms with van der Waals surface area (Å²) in [6.45, 7) is 0.799. The van der Waals surface area contributed by atoms with Gasteiger partial charge in [0.2, 0.25) is 5.16 Å². The third-order valence-electron chi connectivity index (χ3n) is 3.32. The van der Waals surface area contributed by atoms with Gasteiger partial charge in [0, 0.05) is 33.4 Å². The third-order valence-corrected chi connectivity index (χ3v) is 6.87. The molecule has 0 bridgehead atoms. The molecule has 0 saturated heterocycles. The van der Waals surface area contributed by atoms with E-state index in [-0.39, 0.29) is 0 Å². The monoisotopic (exact) mass is 391 g/mol. The van der Waals surface area contributed by atoms with E-state index >= 15 is 0 Å². The standard InChI is InChI=1S/C15H13N5S4/c1-2-13(22-6-1)3-5-20-15(17-18-19-20)24-10-12-9-23-14(16-12)11-4-7-21-8-11/h1-2,4,6-9H,3,5,10H2. The molecule has 0 N–H and O–H groups in total. The summed E-state index contributed by atoms with van der Waals surface area (Å²) in [7, 11) is 0. The van der Waals surface area contributed by atoms with E-state index in [2.05, 4.69) is 55.2 Å². The number of thiophene rings is 2. The number of tetrazole rings is 1. The van der Waals surface area contributed by atoms with E-state index < -0.39 is 0 Å². The molecular formula is C15H13N5S4. The smallest absolute Gasteiger partial charge is 0.209 e. The molecule has 122 valence electrons. The summed E-state index contributed by atoms with van der Waals surface area (Å²) in [5.74, 6) is 0.778. The Balaban J connectivity index is 1.37. The van der Waals surface area contributed by atoms with Crippen molar-refractivity contribution in [3.8, 4) is 10.6 Å². The molecule has 9 heteroatoms. The van der Waals surface area contributed by atoms with E-state index in [0.717, 1.165) is 34.6 Å². The van der Waals surface area contributed by atoms with Crippen molar-refractivity contribution in [1.29, 1.82) is 0 Å². The summed E-state index contributed by atoms with van der Waals surface area (Å²) in [5.41, 5.74) is 2.26. The van der Waals surface area contributed by atoms with Crippen LogP contribution in [0.4, 0.5) is 0 Å². The van der Waals surface area contributed by atoms with Gasteiger partial charge >= 0.3 is 0 Å². The highest BCUT2D eigenvalue weighted by molar-refractivity contribution is 7.98. The zero-order valence-electron chi connectivity index (χ0n) is 12.5. The van der Waals surface area contributed by atoms with Crippen molar-refractivity contribution in [1.82, 2.24) is 25.2 Å². The minimum Gasteiger partial charge on any atom is -0.240 e. The number of thioether (sulfide) groups is 1. The molecule has 0 spiro atoms. The lowest BCUT2D eigenvalue weighted by molar-refractivity contribution is 0.550. The SMILES string of the molecule is c1csc(CCn2nnnc2SCc2csc(-c3ccsc3)n2)c1. The van der Waals surface area contributed by atoms with Gasteiger partial charge in [-0.2, -0.15) is 11.3 Å². The number of aromatic nitrogens is 5. The second-order valence-corrected chi connectivity index (χ2v) is 8.57. The van der Waals surface area contributed by atoms with Crippen LogP contribution in [0.15, 0.2) is 44.9 Å². The molecule has 0 fully saturated rings. The molecular weight excluding hydrogens is 378 g/mol. The summed E-state index contributed by atoms with van der Waals surface area (Å²) < 4.78 is 1.87. The molecule has 0 aliphatic rings. The van der Waals surface area contributed by atoms with Gasteiger partial charge in [-0.15, -0.1) is 27.8 Å². The van der Waals surface area contributed by atoms with Crippen LogP contribution in [0.1, 0.15) is 10.6 Å². The molecule has 0 aromatic carbocycles. The summed E-state index contributed by atoms with van der Waals surface area (Å²) in [4.78, 5) is 6.05. The predicted molar refractivity (Wildman–Crippen MR) is 101 cm³/mol. The minimum absolute atomic E-state index is 0.778. The summed E-state index contributed by atoms with van der Waals surface area (Å²) in [5, 5.41) is 22.4. The Hall–Kier alpha value is -1.55. The first kappa shape index (κ1) is 15.9. The van der Waals surface area contributed by atoms with Crippen molar-refractivity contribution in [2.75, 3.05) is 0 Å². The van der Waals surface area contributed by atoms with Crippen LogP contribution in [0.5, 0.6) is 0 Å². The zero-order chi connectivity index (χ0) is 16.2. The van der Waals surface area contributed by atoms with Crippen LogP contribution in [0.2, 0.25) is 0 Å². The maximum absolute atomic E-state index is 4.70. The number of hydrogen-bond acceptors (Lipinski definition) is 8. The molecule has 0 aliphatic carbocycles. The van der Waals surface area contributed by atoms with Crippen molar-refractivity contribution in [2.45, 2.75) is 23.9 Å². The van der Waals surface area contributed by atoms with Crippen LogP contribution in [-0.2, 0) is 18.7 Å². The number of nitrogens with zero attached hydrogens (tertiary/aromatic N) is 5. The number of rotatable bonds is 7. The first-order valence-electron chi connectivity index (χ1n) is 7.27. The van der Waals surface area contributed by atoms with Crippen LogP contribution >= 0.6 is 45.8 Å². The molecule has 0 aliphatic heterocycles. The van der Waals surface area contributed by atoms with Crippen LogP contribution in [0.25, 0.3) is 10.6 Å². The molecule has 0 atom stereocenters. The van der Waals surface area contributed by atoms with Crippen LogP contribution < -0.4 is 0 Å². The van der Waals surface area contributed by atoms with E-state index in [1.54, 1.807) is 45.8 Å². The Bertz CT molecular complexity index is 879. The van der Waals surface area contributed by atoms with E-state index in [1.165, 1.54) is 10.4 Å². The average molecular weight is 392 g/mol. The van der Waals surface area contributed by atoms with E-state index in [4.69, 9.17) is 4.98 Å². The molecule has 5 nitrogen and oxygen atoms in total. The fraction of sp³-hybridized carbons (Fsp3) is 0.200. The maximum atomic E-state index is 4.70. The quantitative estimate of drug-likeness (QED) is 0.436. The van der Waals surface area contributed by atoms with Crippen LogP contribution in [0.3, 0.4) is 0 Å². The molecule has 0 unspecified atom stereocenters. The minimum atomic E-state index is 0.778. The highest BCUT2D eigenvalue weighted by Crippen LogP contribution is 2.28. The molecule has 0 radical (unpaired) electrons. The van der Waals surface area contributed by atoms with Crippen molar-refractivity contribution >= 4 is 45.8 Å². The van der Waals surface area contributed by atoms with Crippen molar-refractivity contribution in [3.63, 3.8) is 0 Å². The summed E-state index contributed by atoms with van der Waals surface area (Å²) in [6.07, 6.45) is 0.954. The van der Waals surface area contributed by atoms with E-state index in [0.29, 0.717) is 0 Å². The molecule has 24 heavy (non-hydrogen) atoms. The van der Waals surface area contributed by atoms with Crippen LogP contribution in [-0.4, -0.2) is 25.2 Å². The second-order valence-electron chi connectivity index (χ2n) is 4.96. The van der Waals surface area contributed by atoms with Crippen molar-refractivity contribution in [2.24, 2.45) is 0 Å². The maximum Gasteiger partial charge on any atom is 0.209 e. The third kappa shape index (κ3) is 3.75. The number of thiazole rings is 1. The lowest BCUT2D eigenvalue weighted by Gasteiger charge is -2.02. The Morgan fingerprint density at radius 1 is 1.12 bits per heavy atom. The number of aryl methyl sites for hydroxylation is 2. The van der Waals surface area contributed by atoms with Gasteiger partial charge in [0.15, 0.2) is 0 Å². The Labute approximate surface area is 155 Å². The molecule has 4 aromatic heterocycles. The second kappa shape index (κ2) is 7.56. The fourth-order valence-corrected chi connectivity index (χ4v) is 5.27. The van der Waals surface area contributed by atoms with Crippen molar-refractivity contribution in [3.05, 3.63) is 50.3 Å². The normalized spacial score (nSPS) is 11.2. The lowest BCUT2D eigenvalue weighted by Crippen LogP contribution is -2.04. The van der Waals surface area contributed by atoms with Gasteiger partial charge in [-0.25, -0.2) is 9.67 Å². The van der Waals surface area contributed by atoms with E-state index in [9.17, 15) is 0 Å². The van der Waals surface area contributed by atoms with Gasteiger partial charge in [0.25, 0.3) is 0 Å². The van der Waals surface area contributed by atoms with E-state index in [1.807, 2.05) is 4.68 Å². The number of hydrogen-bond donors (Lipinski definition) is 0. The Kier molecular flexibility index (Phi) is 5.02. The predicted octanol–water partition coefficient (Wildman–Crippen LogP) is 4.45. The molecule has 4 aromatic rings. The fourth-order valence-electron chi connectivity index (χ4n) is 2.14. The van der Waals surface area contributed by atoms with Gasteiger partial charge in [-0.1, -0.05) is 17.8 Å². The average Bonchev–Trinajstić information content (AvgIpc) is 3.40. The van der Waals surface area contributed by atoms with Gasteiger partial charge in [0.05, 0.1) is 12.2 Å². The van der Waals surface area contributed by atoms with Gasteiger partial charge in [-0.3, -0.25) is 0 Å². The molecule has 4 rings (SSSR count). The molecule has 0 saturated carbocycles. The van der Waals surface area contributed by atoms with Crippen molar-refractivity contribution < 1.29 is 0 Å². The van der Waals surface area contributed by atoms with Gasteiger partial charge in [-0.05, 0) is 33.3 Å². The van der Waals surface area contributed by atoms with Gasteiger partial charge < -0.3 is 0 Å².